The van der Waals surface area contributed by atoms with Crippen molar-refractivity contribution in [3.05, 3.63) is 29.8 Å². The van der Waals surface area contributed by atoms with E-state index >= 15 is 0 Å². The number of aliphatic hydroxyl groups is 1. The Hall–Kier alpha value is -1.35. The average molecular weight is 247 g/mol. The molecule has 3 nitrogen and oxygen atoms in total. The first-order valence-electron chi connectivity index (χ1n) is 6.66. The molecule has 1 aliphatic heterocycles. The maximum Gasteiger partial charge on any atom is 0.227 e. The van der Waals surface area contributed by atoms with E-state index in [9.17, 15) is 9.90 Å². The minimum absolute atomic E-state index is 0.0394. The molecule has 3 heteroatoms. The van der Waals surface area contributed by atoms with E-state index in [1.807, 2.05) is 12.1 Å². The minimum atomic E-state index is -0.0591. The van der Waals surface area contributed by atoms with Crippen molar-refractivity contribution in [3.8, 4) is 0 Å². The van der Waals surface area contributed by atoms with Gasteiger partial charge in [-0.1, -0.05) is 26.0 Å². The molecule has 1 N–H and O–H groups in total. The third kappa shape index (κ3) is 2.56. The lowest BCUT2D eigenvalue weighted by atomic mass is 9.99. The number of amides is 1. The van der Waals surface area contributed by atoms with E-state index in [0.29, 0.717) is 12.3 Å². The van der Waals surface area contributed by atoms with Crippen molar-refractivity contribution in [2.75, 3.05) is 11.5 Å². The zero-order chi connectivity index (χ0) is 13.1. The summed E-state index contributed by atoms with van der Waals surface area (Å²) in [6, 6.07) is 8.05. The summed E-state index contributed by atoms with van der Waals surface area (Å²) in [7, 11) is 0. The van der Waals surface area contributed by atoms with Crippen molar-refractivity contribution in [2.24, 2.45) is 0 Å². The molecule has 0 spiro atoms. The molecule has 1 unspecified atom stereocenters. The first kappa shape index (κ1) is 13.1. The van der Waals surface area contributed by atoms with E-state index in [4.69, 9.17) is 0 Å². The van der Waals surface area contributed by atoms with Gasteiger partial charge in [0, 0.05) is 12.1 Å². The summed E-state index contributed by atoms with van der Waals surface area (Å²) < 4.78 is 0. The third-order valence-electron chi connectivity index (χ3n) is 3.61. The van der Waals surface area contributed by atoms with Gasteiger partial charge in [0.25, 0.3) is 0 Å². The average Bonchev–Trinajstić information content (AvgIpc) is 2.38. The van der Waals surface area contributed by atoms with Crippen LogP contribution >= 0.6 is 0 Å². The number of nitrogens with zero attached hydrogens (tertiary/aromatic N) is 1. The van der Waals surface area contributed by atoms with E-state index in [0.717, 1.165) is 18.5 Å². The van der Waals surface area contributed by atoms with Gasteiger partial charge in [0.05, 0.1) is 12.6 Å². The third-order valence-corrected chi connectivity index (χ3v) is 3.61. The molecule has 0 bridgehead atoms. The Morgan fingerprint density at radius 1 is 1.33 bits per heavy atom. The highest BCUT2D eigenvalue weighted by Gasteiger charge is 2.28. The van der Waals surface area contributed by atoms with Gasteiger partial charge in [-0.25, -0.2) is 0 Å². The maximum atomic E-state index is 12.0. The van der Waals surface area contributed by atoms with Crippen LogP contribution in [0.15, 0.2) is 24.3 Å². The van der Waals surface area contributed by atoms with Crippen molar-refractivity contribution in [3.63, 3.8) is 0 Å². The molecule has 1 aromatic rings. The first-order chi connectivity index (χ1) is 8.63. The van der Waals surface area contributed by atoms with Crippen molar-refractivity contribution < 1.29 is 9.90 Å². The lowest BCUT2D eigenvalue weighted by Gasteiger charge is -2.34. The number of hydrogen-bond donors (Lipinski definition) is 1. The Morgan fingerprint density at radius 3 is 2.56 bits per heavy atom. The molecule has 1 amide bonds. The largest absolute Gasteiger partial charge is 0.394 e. The maximum absolute atomic E-state index is 12.0. The number of aliphatic hydroxyl groups excluding tert-OH is 1. The second-order valence-corrected chi connectivity index (χ2v) is 5.24. The molecular formula is C15H21NO2. The number of anilines is 1. The van der Waals surface area contributed by atoms with Gasteiger partial charge in [0.2, 0.25) is 5.91 Å². The lowest BCUT2D eigenvalue weighted by Crippen LogP contribution is -2.45. The van der Waals surface area contributed by atoms with Crippen LogP contribution < -0.4 is 4.90 Å². The van der Waals surface area contributed by atoms with Crippen LogP contribution in [0, 0.1) is 0 Å². The summed E-state index contributed by atoms with van der Waals surface area (Å²) in [4.78, 5) is 13.8. The molecule has 1 aliphatic rings. The van der Waals surface area contributed by atoms with E-state index in [2.05, 4.69) is 26.0 Å². The van der Waals surface area contributed by atoms with Gasteiger partial charge in [-0.3, -0.25) is 4.79 Å². The van der Waals surface area contributed by atoms with Crippen LogP contribution in [-0.4, -0.2) is 23.7 Å². The van der Waals surface area contributed by atoms with Crippen LogP contribution in [0.2, 0.25) is 0 Å². The molecule has 0 radical (unpaired) electrons. The number of hydrogen-bond acceptors (Lipinski definition) is 2. The molecular weight excluding hydrogens is 226 g/mol. The summed E-state index contributed by atoms with van der Waals surface area (Å²) in [6.07, 6.45) is 2.35. The van der Waals surface area contributed by atoms with Crippen molar-refractivity contribution in [2.45, 2.75) is 45.1 Å². The highest BCUT2D eigenvalue weighted by atomic mass is 16.3. The highest BCUT2D eigenvalue weighted by molar-refractivity contribution is 5.94. The van der Waals surface area contributed by atoms with E-state index in [-0.39, 0.29) is 18.6 Å². The molecule has 1 aromatic carbocycles. The number of piperidine rings is 1. The molecule has 1 heterocycles. The first-order valence-corrected chi connectivity index (χ1v) is 6.66. The summed E-state index contributed by atoms with van der Waals surface area (Å²) in [5.41, 5.74) is 2.17. The molecule has 0 aromatic heterocycles. The zero-order valence-electron chi connectivity index (χ0n) is 11.1. The number of carbonyl (C=O) groups is 1. The Bertz CT molecular complexity index is 411. The minimum Gasteiger partial charge on any atom is -0.394 e. The summed E-state index contributed by atoms with van der Waals surface area (Å²) in [5, 5.41) is 9.39. The molecule has 18 heavy (non-hydrogen) atoms. The second-order valence-electron chi connectivity index (χ2n) is 5.24. The molecule has 0 saturated carbocycles. The van der Waals surface area contributed by atoms with Crippen LogP contribution in [0.4, 0.5) is 5.69 Å². The van der Waals surface area contributed by atoms with Gasteiger partial charge < -0.3 is 10.0 Å². The smallest absolute Gasteiger partial charge is 0.227 e. The molecule has 1 saturated heterocycles. The van der Waals surface area contributed by atoms with Gasteiger partial charge in [0.15, 0.2) is 0 Å². The number of carbonyl (C=O) groups excluding carboxylic acids is 1. The van der Waals surface area contributed by atoms with Crippen LogP contribution in [-0.2, 0) is 4.79 Å². The van der Waals surface area contributed by atoms with Crippen LogP contribution in [0.3, 0.4) is 0 Å². The number of rotatable bonds is 3. The highest BCUT2D eigenvalue weighted by Crippen LogP contribution is 2.27. The van der Waals surface area contributed by atoms with Gasteiger partial charge in [0.1, 0.15) is 0 Å². The fraction of sp³-hybridized carbons (Fsp3) is 0.533. The second kappa shape index (κ2) is 5.53. The Labute approximate surface area is 108 Å². The van der Waals surface area contributed by atoms with Crippen molar-refractivity contribution >= 4 is 11.6 Å². The normalized spacial score (nSPS) is 20.6. The molecule has 1 fully saturated rings. The SMILES string of the molecule is CC(C)c1ccc(N2C(=O)CCCC2CO)cc1. The van der Waals surface area contributed by atoms with E-state index in [1.54, 1.807) is 4.90 Å². The van der Waals surface area contributed by atoms with Crippen molar-refractivity contribution in [1.29, 1.82) is 0 Å². The zero-order valence-corrected chi connectivity index (χ0v) is 11.1. The van der Waals surface area contributed by atoms with Crippen LogP contribution in [0.25, 0.3) is 0 Å². The number of benzene rings is 1. The Balaban J connectivity index is 2.25. The van der Waals surface area contributed by atoms with E-state index < -0.39 is 0 Å². The summed E-state index contributed by atoms with van der Waals surface area (Å²) in [5.74, 6) is 0.613. The van der Waals surface area contributed by atoms with Gasteiger partial charge >= 0.3 is 0 Å². The summed E-state index contributed by atoms with van der Waals surface area (Å²) in [6.45, 7) is 4.34. The molecule has 2 rings (SSSR count). The monoisotopic (exact) mass is 247 g/mol. The topological polar surface area (TPSA) is 40.5 Å². The Kier molecular flexibility index (Phi) is 4.02. The fourth-order valence-corrected chi connectivity index (χ4v) is 2.49. The predicted molar refractivity (Wildman–Crippen MR) is 72.7 cm³/mol. The quantitative estimate of drug-likeness (QED) is 0.892. The fourth-order valence-electron chi connectivity index (χ4n) is 2.49. The van der Waals surface area contributed by atoms with Gasteiger partial charge in [-0.05, 0) is 36.5 Å². The molecule has 98 valence electrons. The lowest BCUT2D eigenvalue weighted by molar-refractivity contribution is -0.120. The van der Waals surface area contributed by atoms with Gasteiger partial charge in [-0.15, -0.1) is 0 Å². The van der Waals surface area contributed by atoms with Crippen LogP contribution in [0.5, 0.6) is 0 Å². The summed E-state index contributed by atoms with van der Waals surface area (Å²) >= 11 is 0. The molecule has 0 aliphatic carbocycles. The van der Waals surface area contributed by atoms with Crippen LogP contribution in [0.1, 0.15) is 44.6 Å². The standard InChI is InChI=1S/C15H21NO2/c1-11(2)12-6-8-13(9-7-12)16-14(10-17)4-3-5-15(16)18/h6-9,11,14,17H,3-5,10H2,1-2H3. The molecule has 1 atom stereocenters. The van der Waals surface area contributed by atoms with E-state index in [1.165, 1.54) is 5.56 Å². The Morgan fingerprint density at radius 2 is 2.00 bits per heavy atom. The van der Waals surface area contributed by atoms with Gasteiger partial charge in [-0.2, -0.15) is 0 Å². The predicted octanol–water partition coefficient (Wildman–Crippen LogP) is 2.69. The van der Waals surface area contributed by atoms with Crippen molar-refractivity contribution in [1.82, 2.24) is 0 Å².